The molecule has 4 heteroatoms. The van der Waals surface area contributed by atoms with E-state index in [2.05, 4.69) is 0 Å². The smallest absolute Gasteiger partial charge is 0.118 e. The zero-order valence-electron chi connectivity index (χ0n) is 11.1. The van der Waals surface area contributed by atoms with Gasteiger partial charge in [-0.15, -0.1) is 0 Å². The molecule has 1 unspecified atom stereocenters. The van der Waals surface area contributed by atoms with E-state index < -0.39 is 10.8 Å². The quantitative estimate of drug-likeness (QED) is 0.873. The van der Waals surface area contributed by atoms with E-state index in [1.54, 1.807) is 7.11 Å². The van der Waals surface area contributed by atoms with Crippen LogP contribution in [0.15, 0.2) is 47.4 Å². The molecule has 0 radical (unpaired) electrons. The number of ether oxygens (including phenoxy) is 1. The molecule has 1 atom stereocenters. The number of methoxy groups -OCH3 is 1. The van der Waals surface area contributed by atoms with Gasteiger partial charge >= 0.3 is 0 Å². The fourth-order valence-corrected chi connectivity index (χ4v) is 3.02. The Morgan fingerprint density at radius 3 is 2.42 bits per heavy atom. The molecule has 3 nitrogen and oxygen atoms in total. The molecule has 0 amide bonds. The number of benzene rings is 2. The minimum absolute atomic E-state index is 0.456. The molecule has 0 aliphatic rings. The standard InChI is InChI=1S/C15H17NO2S/c1-11-3-8-15(14(16)9-11)19(17)10-12-4-6-13(18-2)7-5-12/h3-9H,10,16H2,1-2H3. The summed E-state index contributed by atoms with van der Waals surface area (Å²) < 4.78 is 17.4. The lowest BCUT2D eigenvalue weighted by Gasteiger charge is -2.07. The average molecular weight is 275 g/mol. The lowest BCUT2D eigenvalue weighted by Crippen LogP contribution is -2.01. The fourth-order valence-electron chi connectivity index (χ4n) is 1.83. The monoisotopic (exact) mass is 275 g/mol. The Bertz CT molecular complexity index is 594. The summed E-state index contributed by atoms with van der Waals surface area (Å²) in [5, 5.41) is 0. The Morgan fingerprint density at radius 1 is 1.16 bits per heavy atom. The van der Waals surface area contributed by atoms with E-state index in [9.17, 15) is 4.21 Å². The van der Waals surface area contributed by atoms with E-state index in [1.807, 2.05) is 49.4 Å². The number of nitrogen functional groups attached to an aromatic ring is 1. The minimum atomic E-state index is -1.13. The molecule has 2 rings (SSSR count). The van der Waals surface area contributed by atoms with Crippen molar-refractivity contribution in [3.8, 4) is 5.75 Å². The van der Waals surface area contributed by atoms with Crippen LogP contribution < -0.4 is 10.5 Å². The van der Waals surface area contributed by atoms with Crippen molar-refractivity contribution in [2.75, 3.05) is 12.8 Å². The normalized spacial score (nSPS) is 12.1. The molecule has 0 aliphatic heterocycles. The summed E-state index contributed by atoms with van der Waals surface area (Å²) in [7, 11) is 0.497. The third-order valence-electron chi connectivity index (χ3n) is 2.87. The van der Waals surface area contributed by atoms with Crippen LogP contribution in [0.25, 0.3) is 0 Å². The maximum atomic E-state index is 12.3. The van der Waals surface area contributed by atoms with E-state index in [0.717, 1.165) is 16.9 Å². The molecule has 0 fully saturated rings. The molecule has 0 heterocycles. The first kappa shape index (κ1) is 13.6. The number of rotatable bonds is 4. The number of hydrogen-bond donors (Lipinski definition) is 1. The largest absolute Gasteiger partial charge is 0.497 e. The van der Waals surface area contributed by atoms with Gasteiger partial charge in [0.05, 0.1) is 28.6 Å². The molecule has 2 aromatic carbocycles. The van der Waals surface area contributed by atoms with Crippen molar-refractivity contribution in [1.29, 1.82) is 0 Å². The van der Waals surface area contributed by atoms with Crippen molar-refractivity contribution in [3.63, 3.8) is 0 Å². The number of aryl methyl sites for hydroxylation is 1. The average Bonchev–Trinajstić information content (AvgIpc) is 2.39. The Labute approximate surface area is 115 Å². The van der Waals surface area contributed by atoms with Crippen molar-refractivity contribution in [1.82, 2.24) is 0 Å². The van der Waals surface area contributed by atoms with Gasteiger partial charge in [0.2, 0.25) is 0 Å². The predicted octanol–water partition coefficient (Wildman–Crippen LogP) is 2.89. The van der Waals surface area contributed by atoms with Crippen molar-refractivity contribution < 1.29 is 8.95 Å². The molecule has 2 N–H and O–H groups in total. The Balaban J connectivity index is 2.15. The minimum Gasteiger partial charge on any atom is -0.497 e. The van der Waals surface area contributed by atoms with Gasteiger partial charge < -0.3 is 10.5 Å². The second-order valence-electron chi connectivity index (χ2n) is 4.38. The van der Waals surface area contributed by atoms with Crippen molar-refractivity contribution in [2.24, 2.45) is 0 Å². The third kappa shape index (κ3) is 3.35. The zero-order chi connectivity index (χ0) is 13.8. The molecule has 0 spiro atoms. The summed E-state index contributed by atoms with van der Waals surface area (Å²) in [6.45, 7) is 1.96. The number of hydrogen-bond acceptors (Lipinski definition) is 3. The molecule has 2 aromatic rings. The van der Waals surface area contributed by atoms with Gasteiger partial charge in [-0.1, -0.05) is 18.2 Å². The van der Waals surface area contributed by atoms with Gasteiger partial charge in [-0.3, -0.25) is 4.21 Å². The van der Waals surface area contributed by atoms with E-state index in [-0.39, 0.29) is 0 Å². The first-order chi connectivity index (χ1) is 9.10. The van der Waals surface area contributed by atoms with Crippen LogP contribution in [0.5, 0.6) is 5.75 Å². The zero-order valence-corrected chi connectivity index (χ0v) is 11.9. The van der Waals surface area contributed by atoms with Crippen LogP contribution in [0.2, 0.25) is 0 Å². The van der Waals surface area contributed by atoms with E-state index >= 15 is 0 Å². The second kappa shape index (κ2) is 5.89. The molecular formula is C15H17NO2S. The molecule has 0 bridgehead atoms. The topological polar surface area (TPSA) is 52.3 Å². The van der Waals surface area contributed by atoms with E-state index in [1.165, 1.54) is 0 Å². The summed E-state index contributed by atoms with van der Waals surface area (Å²) in [5.41, 5.74) is 8.57. The number of nitrogens with two attached hydrogens (primary N) is 1. The Hall–Kier alpha value is -1.81. The Morgan fingerprint density at radius 2 is 1.84 bits per heavy atom. The van der Waals surface area contributed by atoms with E-state index in [0.29, 0.717) is 16.3 Å². The SMILES string of the molecule is COc1ccc(CS(=O)c2ccc(C)cc2N)cc1. The molecule has 19 heavy (non-hydrogen) atoms. The summed E-state index contributed by atoms with van der Waals surface area (Å²) in [6.07, 6.45) is 0. The highest BCUT2D eigenvalue weighted by atomic mass is 32.2. The maximum absolute atomic E-state index is 12.3. The second-order valence-corrected chi connectivity index (χ2v) is 5.80. The molecular weight excluding hydrogens is 258 g/mol. The van der Waals surface area contributed by atoms with Gasteiger partial charge in [-0.2, -0.15) is 0 Å². The van der Waals surface area contributed by atoms with Crippen LogP contribution >= 0.6 is 0 Å². The molecule has 0 saturated carbocycles. The first-order valence-electron chi connectivity index (χ1n) is 5.97. The highest BCUT2D eigenvalue weighted by Crippen LogP contribution is 2.21. The van der Waals surface area contributed by atoms with Crippen LogP contribution in [-0.2, 0) is 16.6 Å². The van der Waals surface area contributed by atoms with Gasteiger partial charge in [-0.05, 0) is 42.3 Å². The van der Waals surface area contributed by atoms with Gasteiger partial charge in [0.15, 0.2) is 0 Å². The summed E-state index contributed by atoms with van der Waals surface area (Å²) in [5.74, 6) is 1.25. The highest BCUT2D eigenvalue weighted by molar-refractivity contribution is 7.84. The molecule has 0 aliphatic carbocycles. The molecule has 100 valence electrons. The third-order valence-corrected chi connectivity index (χ3v) is 4.33. The first-order valence-corrected chi connectivity index (χ1v) is 7.29. The summed E-state index contributed by atoms with van der Waals surface area (Å²) >= 11 is 0. The van der Waals surface area contributed by atoms with Gasteiger partial charge in [-0.25, -0.2) is 0 Å². The highest BCUT2D eigenvalue weighted by Gasteiger charge is 2.09. The molecule has 0 saturated heterocycles. The van der Waals surface area contributed by atoms with Crippen LogP contribution in [0.4, 0.5) is 5.69 Å². The summed E-state index contributed by atoms with van der Waals surface area (Å²) in [6, 6.07) is 13.2. The van der Waals surface area contributed by atoms with Crippen molar-refractivity contribution in [2.45, 2.75) is 17.6 Å². The van der Waals surface area contributed by atoms with Crippen molar-refractivity contribution >= 4 is 16.5 Å². The van der Waals surface area contributed by atoms with E-state index in [4.69, 9.17) is 10.5 Å². The van der Waals surface area contributed by atoms with Crippen LogP contribution in [0.1, 0.15) is 11.1 Å². The summed E-state index contributed by atoms with van der Waals surface area (Å²) in [4.78, 5) is 0.696. The Kier molecular flexibility index (Phi) is 4.22. The molecule has 0 aromatic heterocycles. The maximum Gasteiger partial charge on any atom is 0.118 e. The lowest BCUT2D eigenvalue weighted by atomic mass is 10.2. The van der Waals surface area contributed by atoms with Gasteiger partial charge in [0, 0.05) is 5.69 Å². The van der Waals surface area contributed by atoms with Gasteiger partial charge in [0.1, 0.15) is 5.75 Å². The van der Waals surface area contributed by atoms with Crippen molar-refractivity contribution in [3.05, 3.63) is 53.6 Å². The van der Waals surface area contributed by atoms with Crippen LogP contribution in [-0.4, -0.2) is 11.3 Å². The fraction of sp³-hybridized carbons (Fsp3) is 0.200. The lowest BCUT2D eigenvalue weighted by molar-refractivity contribution is 0.414. The van der Waals surface area contributed by atoms with Crippen LogP contribution in [0, 0.1) is 6.92 Å². The van der Waals surface area contributed by atoms with Gasteiger partial charge in [0.25, 0.3) is 0 Å². The van der Waals surface area contributed by atoms with Crippen LogP contribution in [0.3, 0.4) is 0 Å². The number of anilines is 1. The predicted molar refractivity (Wildman–Crippen MR) is 78.7 cm³/mol.